The minimum atomic E-state index is -0.887. The number of rotatable bonds is 10. The van der Waals surface area contributed by atoms with Crippen molar-refractivity contribution in [2.45, 2.75) is 51.7 Å². The van der Waals surface area contributed by atoms with E-state index in [-0.39, 0.29) is 11.6 Å². The molecule has 3 N–H and O–H groups in total. The monoisotopic (exact) mass is 354 g/mol. The SMILES string of the molecule is CCC(CC)(CNCc1cccc(C(=O)O)c1)NC(C)c1ccccc1. The van der Waals surface area contributed by atoms with Crippen LogP contribution in [0, 0.1) is 0 Å². The van der Waals surface area contributed by atoms with Crippen LogP contribution in [0.4, 0.5) is 0 Å². The molecule has 0 spiro atoms. The number of carbonyl (C=O) groups is 1. The Hall–Kier alpha value is -2.17. The number of hydrogen-bond donors (Lipinski definition) is 3. The molecule has 0 aromatic heterocycles. The van der Waals surface area contributed by atoms with E-state index in [0.29, 0.717) is 12.1 Å². The topological polar surface area (TPSA) is 61.4 Å². The highest BCUT2D eigenvalue weighted by atomic mass is 16.4. The van der Waals surface area contributed by atoms with E-state index in [1.54, 1.807) is 18.2 Å². The lowest BCUT2D eigenvalue weighted by Crippen LogP contribution is -2.52. The van der Waals surface area contributed by atoms with Gasteiger partial charge in [0.15, 0.2) is 0 Å². The van der Waals surface area contributed by atoms with Gasteiger partial charge in [-0.25, -0.2) is 4.79 Å². The molecule has 26 heavy (non-hydrogen) atoms. The predicted octanol–water partition coefficient (Wildman–Crippen LogP) is 4.38. The van der Waals surface area contributed by atoms with Crippen LogP contribution in [0.1, 0.15) is 61.1 Å². The summed E-state index contributed by atoms with van der Waals surface area (Å²) in [5.41, 5.74) is 2.60. The molecule has 4 heteroatoms. The van der Waals surface area contributed by atoms with Crippen LogP contribution in [0.15, 0.2) is 54.6 Å². The molecule has 0 aliphatic heterocycles. The van der Waals surface area contributed by atoms with Crippen molar-refractivity contribution in [1.29, 1.82) is 0 Å². The van der Waals surface area contributed by atoms with Gasteiger partial charge in [0.05, 0.1) is 5.56 Å². The Morgan fingerprint density at radius 2 is 1.77 bits per heavy atom. The molecule has 0 saturated heterocycles. The van der Waals surface area contributed by atoms with Crippen LogP contribution < -0.4 is 10.6 Å². The largest absolute Gasteiger partial charge is 0.478 e. The Bertz CT molecular complexity index is 696. The van der Waals surface area contributed by atoms with Gasteiger partial charge in [-0.2, -0.15) is 0 Å². The number of carboxylic acids is 1. The van der Waals surface area contributed by atoms with Crippen molar-refractivity contribution in [3.05, 3.63) is 71.3 Å². The number of hydrogen-bond acceptors (Lipinski definition) is 3. The maximum absolute atomic E-state index is 11.1. The van der Waals surface area contributed by atoms with Gasteiger partial charge in [-0.15, -0.1) is 0 Å². The number of benzene rings is 2. The zero-order chi connectivity index (χ0) is 19.0. The first kappa shape index (κ1) is 20.1. The second-order valence-electron chi connectivity index (χ2n) is 6.87. The summed E-state index contributed by atoms with van der Waals surface area (Å²) < 4.78 is 0. The summed E-state index contributed by atoms with van der Waals surface area (Å²) in [4.78, 5) is 11.1. The highest BCUT2D eigenvalue weighted by Crippen LogP contribution is 2.21. The second-order valence-corrected chi connectivity index (χ2v) is 6.87. The molecule has 0 fully saturated rings. The third-order valence-corrected chi connectivity index (χ3v) is 5.14. The summed E-state index contributed by atoms with van der Waals surface area (Å²) in [6.07, 6.45) is 2.03. The molecule has 1 unspecified atom stereocenters. The summed E-state index contributed by atoms with van der Waals surface area (Å²) in [5, 5.41) is 16.4. The van der Waals surface area contributed by atoms with Crippen molar-refractivity contribution in [3.8, 4) is 0 Å². The fourth-order valence-electron chi connectivity index (χ4n) is 3.30. The van der Waals surface area contributed by atoms with Crippen molar-refractivity contribution < 1.29 is 9.90 Å². The molecular weight excluding hydrogens is 324 g/mol. The smallest absolute Gasteiger partial charge is 0.335 e. The van der Waals surface area contributed by atoms with E-state index in [1.807, 2.05) is 12.1 Å². The van der Waals surface area contributed by atoms with Crippen LogP contribution in [0.3, 0.4) is 0 Å². The Kier molecular flexibility index (Phi) is 7.37. The molecule has 0 heterocycles. The van der Waals surface area contributed by atoms with Gasteiger partial charge in [0.25, 0.3) is 0 Å². The average Bonchev–Trinajstić information content (AvgIpc) is 2.68. The number of aromatic carboxylic acids is 1. The molecule has 2 rings (SSSR count). The van der Waals surface area contributed by atoms with Gasteiger partial charge >= 0.3 is 5.97 Å². The standard InChI is InChI=1S/C22H30N2O2/c1-4-22(5-2,24-17(3)19-11-7-6-8-12-19)16-23-15-18-10-9-13-20(14-18)21(25)26/h6-14,17,23-24H,4-5,15-16H2,1-3H3,(H,25,26). The van der Waals surface area contributed by atoms with Crippen LogP contribution in [0.5, 0.6) is 0 Å². The maximum atomic E-state index is 11.1. The van der Waals surface area contributed by atoms with Crippen molar-refractivity contribution in [2.24, 2.45) is 0 Å². The van der Waals surface area contributed by atoms with E-state index in [0.717, 1.165) is 24.9 Å². The number of nitrogens with one attached hydrogen (secondary N) is 2. The minimum Gasteiger partial charge on any atom is -0.478 e. The van der Waals surface area contributed by atoms with Crippen molar-refractivity contribution in [2.75, 3.05) is 6.54 Å². The van der Waals surface area contributed by atoms with E-state index >= 15 is 0 Å². The lowest BCUT2D eigenvalue weighted by atomic mass is 9.90. The van der Waals surface area contributed by atoms with E-state index in [4.69, 9.17) is 5.11 Å². The van der Waals surface area contributed by atoms with Crippen LogP contribution in [-0.4, -0.2) is 23.2 Å². The highest BCUT2D eigenvalue weighted by Gasteiger charge is 2.27. The molecule has 140 valence electrons. The van der Waals surface area contributed by atoms with Crippen molar-refractivity contribution >= 4 is 5.97 Å². The zero-order valence-corrected chi connectivity index (χ0v) is 16.0. The quantitative estimate of drug-likeness (QED) is 0.592. The average molecular weight is 354 g/mol. The fraction of sp³-hybridized carbons (Fsp3) is 0.409. The van der Waals surface area contributed by atoms with Crippen LogP contribution >= 0.6 is 0 Å². The summed E-state index contributed by atoms with van der Waals surface area (Å²) in [7, 11) is 0. The zero-order valence-electron chi connectivity index (χ0n) is 16.0. The van der Waals surface area contributed by atoms with E-state index in [2.05, 4.69) is 55.7 Å². The van der Waals surface area contributed by atoms with Gasteiger partial charge < -0.3 is 15.7 Å². The van der Waals surface area contributed by atoms with E-state index in [9.17, 15) is 4.79 Å². The number of carboxylic acid groups (broad SMARTS) is 1. The van der Waals surface area contributed by atoms with Crippen LogP contribution in [0.25, 0.3) is 0 Å². The Morgan fingerprint density at radius 1 is 1.08 bits per heavy atom. The molecule has 0 radical (unpaired) electrons. The first-order valence-electron chi connectivity index (χ1n) is 9.35. The van der Waals surface area contributed by atoms with Gasteiger partial charge in [0, 0.05) is 24.7 Å². The maximum Gasteiger partial charge on any atom is 0.335 e. The van der Waals surface area contributed by atoms with Gasteiger partial charge in [-0.1, -0.05) is 56.3 Å². The molecule has 2 aromatic rings. The molecule has 0 bridgehead atoms. The van der Waals surface area contributed by atoms with E-state index in [1.165, 1.54) is 5.56 Å². The first-order valence-corrected chi connectivity index (χ1v) is 9.35. The van der Waals surface area contributed by atoms with Crippen molar-refractivity contribution in [1.82, 2.24) is 10.6 Å². The molecule has 0 saturated carbocycles. The summed E-state index contributed by atoms with van der Waals surface area (Å²) in [6, 6.07) is 17.9. The Labute approximate surface area is 156 Å². The molecule has 0 aliphatic carbocycles. The van der Waals surface area contributed by atoms with Crippen LogP contribution in [0.2, 0.25) is 0 Å². The third-order valence-electron chi connectivity index (χ3n) is 5.14. The lowest BCUT2D eigenvalue weighted by molar-refractivity contribution is 0.0696. The molecule has 1 atom stereocenters. The van der Waals surface area contributed by atoms with Gasteiger partial charge in [0.2, 0.25) is 0 Å². The molecule has 0 amide bonds. The summed E-state index contributed by atoms with van der Waals surface area (Å²) in [6.45, 7) is 8.10. The summed E-state index contributed by atoms with van der Waals surface area (Å²) in [5.74, 6) is -0.887. The third kappa shape index (κ3) is 5.41. The molecule has 4 nitrogen and oxygen atoms in total. The van der Waals surface area contributed by atoms with Gasteiger partial charge in [-0.05, 0) is 43.0 Å². The molecule has 0 aliphatic rings. The summed E-state index contributed by atoms with van der Waals surface area (Å²) >= 11 is 0. The minimum absolute atomic E-state index is 0.000331. The van der Waals surface area contributed by atoms with E-state index < -0.39 is 5.97 Å². The van der Waals surface area contributed by atoms with Crippen molar-refractivity contribution in [3.63, 3.8) is 0 Å². The lowest BCUT2D eigenvalue weighted by Gasteiger charge is -2.36. The Morgan fingerprint density at radius 3 is 2.38 bits per heavy atom. The van der Waals surface area contributed by atoms with Gasteiger partial charge in [0.1, 0.15) is 0 Å². The normalized spacial score (nSPS) is 12.7. The van der Waals surface area contributed by atoms with Crippen LogP contribution in [-0.2, 0) is 6.54 Å². The fourth-order valence-corrected chi connectivity index (χ4v) is 3.30. The van der Waals surface area contributed by atoms with Gasteiger partial charge in [-0.3, -0.25) is 0 Å². The molecule has 2 aromatic carbocycles. The Balaban J connectivity index is 1.98. The molecular formula is C22H30N2O2. The second kappa shape index (κ2) is 9.51. The highest BCUT2D eigenvalue weighted by molar-refractivity contribution is 5.87. The predicted molar refractivity (Wildman–Crippen MR) is 106 cm³/mol. The first-order chi connectivity index (χ1) is 12.5.